The van der Waals surface area contributed by atoms with Gasteiger partial charge in [0.15, 0.2) is 0 Å². The Bertz CT molecular complexity index is 486. The van der Waals surface area contributed by atoms with E-state index in [0.717, 1.165) is 18.4 Å². The van der Waals surface area contributed by atoms with Crippen LogP contribution in [0.4, 0.5) is 0 Å². The largest absolute Gasteiger partial charge is 0.253 e. The number of rotatable bonds is 3. The standard InChI is InChI=1S/C15H19N/c1-4-13-10-12(9-11(2)3)14-7-5-6-8-15(14)16-13/h5-8,10-11H,4,9H2,1-3H3. The molecule has 0 fully saturated rings. The van der Waals surface area contributed by atoms with E-state index in [0.29, 0.717) is 5.92 Å². The molecule has 1 heteroatoms. The number of para-hydroxylation sites is 1. The molecule has 84 valence electrons. The molecule has 1 aromatic heterocycles. The molecule has 0 bridgehead atoms. The van der Waals surface area contributed by atoms with Gasteiger partial charge < -0.3 is 0 Å². The maximum absolute atomic E-state index is 4.66. The Balaban J connectivity index is 2.59. The average Bonchev–Trinajstić information content (AvgIpc) is 2.28. The lowest BCUT2D eigenvalue weighted by molar-refractivity contribution is 0.649. The lowest BCUT2D eigenvalue weighted by atomic mass is 9.98. The van der Waals surface area contributed by atoms with Crippen molar-refractivity contribution in [2.24, 2.45) is 5.92 Å². The maximum Gasteiger partial charge on any atom is 0.0708 e. The van der Waals surface area contributed by atoms with Crippen molar-refractivity contribution in [2.45, 2.75) is 33.6 Å². The van der Waals surface area contributed by atoms with E-state index in [2.05, 4.69) is 56.1 Å². The van der Waals surface area contributed by atoms with Crippen LogP contribution in [0.2, 0.25) is 0 Å². The molecule has 0 aliphatic heterocycles. The Morgan fingerprint density at radius 3 is 2.62 bits per heavy atom. The molecule has 0 aliphatic carbocycles. The molecule has 16 heavy (non-hydrogen) atoms. The van der Waals surface area contributed by atoms with Gasteiger partial charge in [0.25, 0.3) is 0 Å². The third-order valence-corrected chi connectivity index (χ3v) is 2.85. The predicted molar refractivity (Wildman–Crippen MR) is 69.7 cm³/mol. The number of aryl methyl sites for hydroxylation is 1. The zero-order valence-electron chi connectivity index (χ0n) is 10.3. The van der Waals surface area contributed by atoms with E-state index < -0.39 is 0 Å². The van der Waals surface area contributed by atoms with Crippen molar-refractivity contribution in [2.75, 3.05) is 0 Å². The molecular weight excluding hydrogens is 194 g/mol. The minimum Gasteiger partial charge on any atom is -0.253 e. The quantitative estimate of drug-likeness (QED) is 0.751. The van der Waals surface area contributed by atoms with Crippen molar-refractivity contribution in [3.05, 3.63) is 41.6 Å². The van der Waals surface area contributed by atoms with Gasteiger partial charge in [-0.2, -0.15) is 0 Å². The third-order valence-electron chi connectivity index (χ3n) is 2.85. The van der Waals surface area contributed by atoms with Crippen molar-refractivity contribution in [1.29, 1.82) is 0 Å². The van der Waals surface area contributed by atoms with Crippen LogP contribution in [0, 0.1) is 5.92 Å². The van der Waals surface area contributed by atoms with Gasteiger partial charge in [-0.1, -0.05) is 39.0 Å². The lowest BCUT2D eigenvalue weighted by Crippen LogP contribution is -1.99. The van der Waals surface area contributed by atoms with E-state index in [9.17, 15) is 0 Å². The zero-order chi connectivity index (χ0) is 11.5. The average molecular weight is 213 g/mol. The molecular formula is C15H19N. The van der Waals surface area contributed by atoms with Gasteiger partial charge in [0, 0.05) is 11.1 Å². The summed E-state index contributed by atoms with van der Waals surface area (Å²) in [4.78, 5) is 4.66. The monoisotopic (exact) mass is 213 g/mol. The minimum atomic E-state index is 0.690. The lowest BCUT2D eigenvalue weighted by Gasteiger charge is -2.10. The number of nitrogens with zero attached hydrogens (tertiary/aromatic N) is 1. The van der Waals surface area contributed by atoms with Crippen molar-refractivity contribution < 1.29 is 0 Å². The van der Waals surface area contributed by atoms with Crippen LogP contribution in [0.3, 0.4) is 0 Å². The molecule has 0 amide bonds. The van der Waals surface area contributed by atoms with Crippen molar-refractivity contribution in [3.63, 3.8) is 0 Å². The number of pyridine rings is 1. The van der Waals surface area contributed by atoms with Crippen LogP contribution in [0.15, 0.2) is 30.3 Å². The van der Waals surface area contributed by atoms with Crippen LogP contribution in [0.5, 0.6) is 0 Å². The van der Waals surface area contributed by atoms with E-state index in [-0.39, 0.29) is 0 Å². The van der Waals surface area contributed by atoms with Crippen molar-refractivity contribution in [3.8, 4) is 0 Å². The smallest absolute Gasteiger partial charge is 0.0708 e. The van der Waals surface area contributed by atoms with Gasteiger partial charge in [-0.3, -0.25) is 4.98 Å². The first-order valence-corrected chi connectivity index (χ1v) is 6.08. The van der Waals surface area contributed by atoms with Crippen LogP contribution in [-0.4, -0.2) is 4.98 Å². The molecule has 0 atom stereocenters. The summed E-state index contributed by atoms with van der Waals surface area (Å²) in [5, 5.41) is 1.31. The highest BCUT2D eigenvalue weighted by molar-refractivity contribution is 5.82. The van der Waals surface area contributed by atoms with Crippen LogP contribution < -0.4 is 0 Å². The summed E-state index contributed by atoms with van der Waals surface area (Å²) < 4.78 is 0. The van der Waals surface area contributed by atoms with Gasteiger partial charge in [0.1, 0.15) is 0 Å². The van der Waals surface area contributed by atoms with Gasteiger partial charge >= 0.3 is 0 Å². The summed E-state index contributed by atoms with van der Waals surface area (Å²) >= 11 is 0. The normalized spacial score (nSPS) is 11.2. The van der Waals surface area contributed by atoms with E-state index >= 15 is 0 Å². The van der Waals surface area contributed by atoms with Crippen molar-refractivity contribution in [1.82, 2.24) is 4.98 Å². The summed E-state index contributed by atoms with van der Waals surface area (Å²) in [7, 11) is 0. The summed E-state index contributed by atoms with van der Waals surface area (Å²) in [6.07, 6.45) is 2.14. The van der Waals surface area contributed by atoms with Crippen LogP contribution in [-0.2, 0) is 12.8 Å². The second kappa shape index (κ2) is 4.65. The summed E-state index contributed by atoms with van der Waals surface area (Å²) in [6.45, 7) is 6.69. The molecule has 0 N–H and O–H groups in total. The van der Waals surface area contributed by atoms with E-state index in [4.69, 9.17) is 0 Å². The Kier molecular flexibility index (Phi) is 3.23. The van der Waals surface area contributed by atoms with E-state index in [1.54, 1.807) is 0 Å². The highest BCUT2D eigenvalue weighted by Crippen LogP contribution is 2.21. The number of benzene rings is 1. The van der Waals surface area contributed by atoms with Gasteiger partial charge in [0.05, 0.1) is 5.52 Å². The third kappa shape index (κ3) is 2.24. The van der Waals surface area contributed by atoms with Gasteiger partial charge in [-0.25, -0.2) is 0 Å². The van der Waals surface area contributed by atoms with Crippen LogP contribution in [0.1, 0.15) is 32.0 Å². The SMILES string of the molecule is CCc1cc(CC(C)C)c2ccccc2n1. The maximum atomic E-state index is 4.66. The van der Waals surface area contributed by atoms with Crippen molar-refractivity contribution >= 4 is 10.9 Å². The molecule has 0 radical (unpaired) electrons. The fraction of sp³-hybridized carbons (Fsp3) is 0.400. The van der Waals surface area contributed by atoms with E-state index in [1.165, 1.54) is 16.6 Å². The van der Waals surface area contributed by atoms with E-state index in [1.807, 2.05) is 0 Å². The Labute approximate surface area is 97.5 Å². The first-order valence-electron chi connectivity index (χ1n) is 6.08. The number of aromatic nitrogens is 1. The molecule has 2 rings (SSSR count). The molecule has 0 spiro atoms. The molecule has 0 saturated carbocycles. The van der Waals surface area contributed by atoms with Gasteiger partial charge in [-0.05, 0) is 36.5 Å². The molecule has 1 heterocycles. The Hall–Kier alpha value is -1.37. The van der Waals surface area contributed by atoms with Gasteiger partial charge in [-0.15, -0.1) is 0 Å². The van der Waals surface area contributed by atoms with Crippen LogP contribution in [0.25, 0.3) is 10.9 Å². The fourth-order valence-corrected chi connectivity index (χ4v) is 2.10. The Morgan fingerprint density at radius 2 is 1.94 bits per heavy atom. The van der Waals surface area contributed by atoms with Gasteiger partial charge in [0.2, 0.25) is 0 Å². The molecule has 0 aliphatic rings. The molecule has 1 nitrogen and oxygen atoms in total. The summed E-state index contributed by atoms with van der Waals surface area (Å²) in [5.74, 6) is 0.690. The fourth-order valence-electron chi connectivity index (χ4n) is 2.10. The minimum absolute atomic E-state index is 0.690. The number of fused-ring (bicyclic) bond motifs is 1. The second-order valence-corrected chi connectivity index (χ2v) is 4.74. The summed E-state index contributed by atoms with van der Waals surface area (Å²) in [6, 6.07) is 10.7. The predicted octanol–water partition coefficient (Wildman–Crippen LogP) is 4.00. The molecule has 2 aromatic rings. The molecule has 0 unspecified atom stereocenters. The number of hydrogen-bond acceptors (Lipinski definition) is 1. The second-order valence-electron chi connectivity index (χ2n) is 4.74. The number of hydrogen-bond donors (Lipinski definition) is 0. The molecule has 1 aromatic carbocycles. The molecule has 0 saturated heterocycles. The topological polar surface area (TPSA) is 12.9 Å². The first kappa shape index (κ1) is 11.1. The van der Waals surface area contributed by atoms with Crippen LogP contribution >= 0.6 is 0 Å². The highest BCUT2D eigenvalue weighted by atomic mass is 14.7. The summed E-state index contributed by atoms with van der Waals surface area (Å²) in [5.41, 5.74) is 3.78. The Morgan fingerprint density at radius 1 is 1.19 bits per heavy atom. The zero-order valence-corrected chi connectivity index (χ0v) is 10.3. The first-order chi connectivity index (χ1) is 7.70. The highest BCUT2D eigenvalue weighted by Gasteiger charge is 2.06.